The molecule has 2 N–H and O–H groups in total. The third-order valence-electron chi connectivity index (χ3n) is 2.69. The van der Waals surface area contributed by atoms with Crippen molar-refractivity contribution in [3.05, 3.63) is 35.4 Å². The Morgan fingerprint density at radius 2 is 1.81 bits per heavy atom. The fourth-order valence-corrected chi connectivity index (χ4v) is 1.69. The smallest absolute Gasteiger partial charge is 0.191 e. The SMILES string of the molecule is CCNC(=NCC(C)C)NCCc1c(F)cccc1F.I. The van der Waals surface area contributed by atoms with Gasteiger partial charge in [0.1, 0.15) is 11.6 Å². The predicted octanol–water partition coefficient (Wildman–Crippen LogP) is 3.34. The van der Waals surface area contributed by atoms with Gasteiger partial charge in [-0.2, -0.15) is 0 Å². The van der Waals surface area contributed by atoms with Gasteiger partial charge in [0.15, 0.2) is 5.96 Å². The second-order valence-corrected chi connectivity index (χ2v) is 4.99. The van der Waals surface area contributed by atoms with Crippen LogP contribution in [0.1, 0.15) is 26.3 Å². The molecule has 0 heterocycles. The lowest BCUT2D eigenvalue weighted by Crippen LogP contribution is -2.38. The van der Waals surface area contributed by atoms with E-state index in [0.29, 0.717) is 25.0 Å². The van der Waals surface area contributed by atoms with Gasteiger partial charge in [-0.3, -0.25) is 4.99 Å². The van der Waals surface area contributed by atoms with Gasteiger partial charge in [0.05, 0.1) is 0 Å². The summed E-state index contributed by atoms with van der Waals surface area (Å²) in [5, 5.41) is 6.19. The van der Waals surface area contributed by atoms with Crippen LogP contribution in [0.4, 0.5) is 8.78 Å². The van der Waals surface area contributed by atoms with E-state index in [0.717, 1.165) is 6.54 Å². The van der Waals surface area contributed by atoms with Crippen LogP contribution in [0.25, 0.3) is 0 Å². The molecule has 0 amide bonds. The molecule has 0 aromatic heterocycles. The predicted molar refractivity (Wildman–Crippen MR) is 94.3 cm³/mol. The van der Waals surface area contributed by atoms with Crippen molar-refractivity contribution in [2.75, 3.05) is 19.6 Å². The van der Waals surface area contributed by atoms with Crippen molar-refractivity contribution >= 4 is 29.9 Å². The standard InChI is InChI=1S/C15H23F2N3.HI/c1-4-18-15(20-10-11(2)3)19-9-8-12-13(16)6-5-7-14(12)17;/h5-7,11H,4,8-10H2,1-3H3,(H2,18,19,20);1H. The van der Waals surface area contributed by atoms with E-state index in [1.807, 2.05) is 6.92 Å². The summed E-state index contributed by atoms with van der Waals surface area (Å²) >= 11 is 0. The van der Waals surface area contributed by atoms with E-state index in [1.165, 1.54) is 18.2 Å². The van der Waals surface area contributed by atoms with Crippen LogP contribution in [0, 0.1) is 17.6 Å². The monoisotopic (exact) mass is 411 g/mol. The number of benzene rings is 1. The molecule has 6 heteroatoms. The van der Waals surface area contributed by atoms with Gasteiger partial charge in [0.25, 0.3) is 0 Å². The molecule has 0 spiro atoms. The van der Waals surface area contributed by atoms with Crippen LogP contribution >= 0.6 is 24.0 Å². The number of guanidine groups is 1. The molecular formula is C15H24F2IN3. The van der Waals surface area contributed by atoms with E-state index in [-0.39, 0.29) is 36.0 Å². The Labute approximate surface area is 142 Å². The molecule has 1 aromatic rings. The van der Waals surface area contributed by atoms with E-state index in [2.05, 4.69) is 29.5 Å². The second kappa shape index (κ2) is 10.8. The van der Waals surface area contributed by atoms with E-state index >= 15 is 0 Å². The first-order valence-corrected chi connectivity index (χ1v) is 6.99. The molecule has 3 nitrogen and oxygen atoms in total. The number of rotatable bonds is 6. The van der Waals surface area contributed by atoms with Gasteiger partial charge in [0.2, 0.25) is 0 Å². The molecule has 0 aliphatic carbocycles. The second-order valence-electron chi connectivity index (χ2n) is 4.99. The summed E-state index contributed by atoms with van der Waals surface area (Å²) in [6.07, 6.45) is 0.282. The van der Waals surface area contributed by atoms with Crippen LogP contribution in [-0.2, 0) is 6.42 Å². The maximum absolute atomic E-state index is 13.5. The number of hydrogen-bond donors (Lipinski definition) is 2. The Morgan fingerprint density at radius 1 is 1.19 bits per heavy atom. The van der Waals surface area contributed by atoms with Crippen molar-refractivity contribution in [3.63, 3.8) is 0 Å². The topological polar surface area (TPSA) is 36.4 Å². The van der Waals surface area contributed by atoms with Crippen molar-refractivity contribution in [3.8, 4) is 0 Å². The molecule has 0 aliphatic heterocycles. The van der Waals surface area contributed by atoms with Crippen molar-refractivity contribution < 1.29 is 8.78 Å². The normalized spacial score (nSPS) is 11.2. The summed E-state index contributed by atoms with van der Waals surface area (Å²) in [4.78, 5) is 4.40. The zero-order valence-electron chi connectivity index (χ0n) is 12.7. The number of nitrogens with zero attached hydrogens (tertiary/aromatic N) is 1. The van der Waals surface area contributed by atoms with Crippen LogP contribution in [0.2, 0.25) is 0 Å². The van der Waals surface area contributed by atoms with Crippen molar-refractivity contribution in [2.45, 2.75) is 27.2 Å². The Kier molecular flexibility index (Phi) is 10.3. The molecule has 0 bridgehead atoms. The van der Waals surface area contributed by atoms with Gasteiger partial charge in [-0.25, -0.2) is 8.78 Å². The summed E-state index contributed by atoms with van der Waals surface area (Å²) < 4.78 is 26.9. The van der Waals surface area contributed by atoms with Crippen LogP contribution < -0.4 is 10.6 Å². The third kappa shape index (κ3) is 7.59. The Balaban J connectivity index is 0.00000400. The third-order valence-corrected chi connectivity index (χ3v) is 2.69. The molecule has 1 aromatic carbocycles. The highest BCUT2D eigenvalue weighted by Crippen LogP contribution is 2.11. The average molecular weight is 411 g/mol. The number of aliphatic imine (C=N–C) groups is 1. The van der Waals surface area contributed by atoms with Gasteiger partial charge >= 0.3 is 0 Å². The van der Waals surface area contributed by atoms with Crippen LogP contribution in [0.15, 0.2) is 23.2 Å². The molecule has 0 fully saturated rings. The zero-order chi connectivity index (χ0) is 15.0. The highest BCUT2D eigenvalue weighted by molar-refractivity contribution is 14.0. The molecule has 21 heavy (non-hydrogen) atoms. The van der Waals surface area contributed by atoms with Crippen LogP contribution in [0.3, 0.4) is 0 Å². The van der Waals surface area contributed by atoms with Gasteiger partial charge in [0, 0.05) is 25.2 Å². The molecule has 0 atom stereocenters. The fraction of sp³-hybridized carbons (Fsp3) is 0.533. The molecule has 120 valence electrons. The summed E-state index contributed by atoms with van der Waals surface area (Å²) in [7, 11) is 0. The molecule has 0 aliphatic rings. The first kappa shape index (κ1) is 20.1. The van der Waals surface area contributed by atoms with Crippen LogP contribution in [0.5, 0.6) is 0 Å². The minimum atomic E-state index is -0.504. The minimum absolute atomic E-state index is 0. The quantitative estimate of drug-likeness (QED) is 0.428. The highest BCUT2D eigenvalue weighted by atomic mass is 127. The van der Waals surface area contributed by atoms with Crippen molar-refractivity contribution in [1.29, 1.82) is 0 Å². The lowest BCUT2D eigenvalue weighted by molar-refractivity contribution is 0.552. The van der Waals surface area contributed by atoms with Crippen LogP contribution in [-0.4, -0.2) is 25.6 Å². The molecule has 0 saturated carbocycles. The zero-order valence-corrected chi connectivity index (χ0v) is 15.1. The highest BCUT2D eigenvalue weighted by Gasteiger charge is 2.08. The van der Waals surface area contributed by atoms with E-state index < -0.39 is 11.6 Å². The van der Waals surface area contributed by atoms with Gasteiger partial charge in [-0.05, 0) is 31.4 Å². The molecule has 0 radical (unpaired) electrons. The maximum Gasteiger partial charge on any atom is 0.191 e. The Hall–Kier alpha value is -0.920. The lowest BCUT2D eigenvalue weighted by Gasteiger charge is -2.12. The first-order chi connectivity index (χ1) is 9.54. The fourth-order valence-electron chi connectivity index (χ4n) is 1.69. The van der Waals surface area contributed by atoms with Gasteiger partial charge in [-0.15, -0.1) is 24.0 Å². The molecule has 1 rings (SSSR count). The minimum Gasteiger partial charge on any atom is -0.357 e. The average Bonchev–Trinajstić information content (AvgIpc) is 2.39. The van der Waals surface area contributed by atoms with Gasteiger partial charge in [-0.1, -0.05) is 19.9 Å². The Bertz CT molecular complexity index is 430. The summed E-state index contributed by atoms with van der Waals surface area (Å²) in [5.74, 6) is 0.138. The molecular weight excluding hydrogens is 387 g/mol. The first-order valence-electron chi connectivity index (χ1n) is 6.99. The van der Waals surface area contributed by atoms with Crippen molar-refractivity contribution in [1.82, 2.24) is 10.6 Å². The van der Waals surface area contributed by atoms with Crippen molar-refractivity contribution in [2.24, 2.45) is 10.9 Å². The molecule has 0 unspecified atom stereocenters. The summed E-state index contributed by atoms with van der Waals surface area (Å²) in [6, 6.07) is 3.92. The molecule has 0 saturated heterocycles. The van der Waals surface area contributed by atoms with E-state index in [4.69, 9.17) is 0 Å². The number of nitrogens with one attached hydrogen (secondary N) is 2. The van der Waals surface area contributed by atoms with E-state index in [9.17, 15) is 8.78 Å². The summed E-state index contributed by atoms with van der Waals surface area (Å²) in [5.41, 5.74) is 0.111. The van der Waals surface area contributed by atoms with Gasteiger partial charge < -0.3 is 10.6 Å². The lowest BCUT2D eigenvalue weighted by atomic mass is 10.1. The van der Waals surface area contributed by atoms with E-state index in [1.54, 1.807) is 0 Å². The number of hydrogen-bond acceptors (Lipinski definition) is 1. The summed E-state index contributed by atoms with van der Waals surface area (Å²) in [6.45, 7) is 8.04. The largest absolute Gasteiger partial charge is 0.357 e. The number of halogens is 3. The Morgan fingerprint density at radius 3 is 2.33 bits per heavy atom. The maximum atomic E-state index is 13.5.